The van der Waals surface area contributed by atoms with Gasteiger partial charge in [0.2, 0.25) is 0 Å². The van der Waals surface area contributed by atoms with Crippen LogP contribution in [0.5, 0.6) is 0 Å². The summed E-state index contributed by atoms with van der Waals surface area (Å²) < 4.78 is 53.8. The Hall–Kier alpha value is -0.110. The Labute approximate surface area is 225 Å². The molecule has 0 N–H and O–H groups in total. The average Bonchev–Trinajstić information content (AvgIpc) is 2.85. The third kappa shape index (κ3) is 6.86. The molecule has 1 heterocycles. The molecule has 0 unspecified atom stereocenters. The predicted octanol–water partition coefficient (Wildman–Crippen LogP) is 9.45. The number of benzene rings is 1. The molecule has 2 nitrogen and oxygen atoms in total. The van der Waals surface area contributed by atoms with E-state index in [1.54, 1.807) is 6.07 Å². The van der Waals surface area contributed by atoms with Crippen molar-refractivity contribution < 1.29 is 22.6 Å². The topological polar surface area (TPSA) is 18.5 Å². The fraction of sp³-hybridized carbons (Fsp3) is 0.786. The van der Waals surface area contributed by atoms with Gasteiger partial charge in [-0.3, -0.25) is 0 Å². The monoisotopic (exact) mass is 622 g/mol. The van der Waals surface area contributed by atoms with Crippen LogP contribution in [0.1, 0.15) is 107 Å². The lowest BCUT2D eigenvalue weighted by Gasteiger charge is -2.39. The average molecular weight is 624 g/mol. The number of rotatable bonds is 8. The van der Waals surface area contributed by atoms with Crippen LogP contribution in [0.2, 0.25) is 0 Å². The minimum Gasteiger partial charge on any atom is -0.352 e. The van der Waals surface area contributed by atoms with Crippen LogP contribution in [0, 0.1) is 17.7 Å². The number of hydrogen-bond donors (Lipinski definition) is 0. The summed E-state index contributed by atoms with van der Waals surface area (Å²) in [6.45, 7) is 3.85. The van der Waals surface area contributed by atoms with Gasteiger partial charge in [0.25, 0.3) is 0 Å². The number of halogens is 5. The first-order valence-corrected chi connectivity index (χ1v) is 15.1. The largest absolute Gasteiger partial charge is 0.352 e. The SMILES string of the molecule is CCCCCC1COC(C2CCC(c3ccc(C4CCC(Br)(C(F)(F)Br)CC4)c(F)c3)CC2)OC1. The molecular formula is C28H39Br2F3O2. The highest BCUT2D eigenvalue weighted by atomic mass is 79.9. The summed E-state index contributed by atoms with van der Waals surface area (Å²) in [6, 6.07) is 5.66. The van der Waals surface area contributed by atoms with Crippen molar-refractivity contribution in [3.63, 3.8) is 0 Å². The van der Waals surface area contributed by atoms with Crippen LogP contribution in [0.3, 0.4) is 0 Å². The molecule has 2 saturated carbocycles. The van der Waals surface area contributed by atoms with Gasteiger partial charge in [0, 0.05) is 11.8 Å². The molecule has 1 aliphatic heterocycles. The van der Waals surface area contributed by atoms with Gasteiger partial charge in [-0.15, -0.1) is 0 Å². The standard InChI is InChI=1S/C28H39Br2F3O2/c1-2-3-4-5-19-17-34-26(35-18-19)22-8-6-20(7-9-22)23-10-11-24(25(31)16-23)21-12-14-27(29,15-13-21)28(30,32)33/h10-11,16,19-22,26H,2-9,12-15,17-18H2,1H3. The second-order valence-electron chi connectivity index (χ2n) is 11.0. The second kappa shape index (κ2) is 12.2. The Morgan fingerprint density at radius 3 is 2.20 bits per heavy atom. The molecule has 0 radical (unpaired) electrons. The first-order valence-electron chi connectivity index (χ1n) is 13.5. The molecule has 1 saturated heterocycles. The summed E-state index contributed by atoms with van der Waals surface area (Å²) in [5.41, 5.74) is 1.73. The highest BCUT2D eigenvalue weighted by Gasteiger charge is 2.51. The van der Waals surface area contributed by atoms with Crippen molar-refractivity contribution in [3.8, 4) is 0 Å². The Morgan fingerprint density at radius 1 is 0.971 bits per heavy atom. The van der Waals surface area contributed by atoms with E-state index in [0.717, 1.165) is 44.5 Å². The van der Waals surface area contributed by atoms with Crippen LogP contribution in [0.15, 0.2) is 18.2 Å². The van der Waals surface area contributed by atoms with Crippen molar-refractivity contribution in [1.29, 1.82) is 0 Å². The number of hydrogen-bond acceptors (Lipinski definition) is 2. The van der Waals surface area contributed by atoms with Gasteiger partial charge < -0.3 is 9.47 Å². The normalized spacial score (nSPS) is 34.6. The molecule has 3 aliphatic rings. The van der Waals surface area contributed by atoms with Crippen LogP contribution >= 0.6 is 31.9 Å². The van der Waals surface area contributed by atoms with Crippen molar-refractivity contribution in [3.05, 3.63) is 35.1 Å². The van der Waals surface area contributed by atoms with Gasteiger partial charge in [0.15, 0.2) is 6.29 Å². The smallest absolute Gasteiger partial charge is 0.316 e. The van der Waals surface area contributed by atoms with Gasteiger partial charge in [0.05, 0.1) is 17.5 Å². The molecular weight excluding hydrogens is 585 g/mol. The van der Waals surface area contributed by atoms with Crippen molar-refractivity contribution in [2.24, 2.45) is 11.8 Å². The lowest BCUT2D eigenvalue weighted by Crippen LogP contribution is -2.41. The molecule has 1 aromatic rings. The zero-order valence-electron chi connectivity index (χ0n) is 20.7. The van der Waals surface area contributed by atoms with E-state index < -0.39 is 9.16 Å². The Balaban J connectivity index is 1.25. The lowest BCUT2D eigenvalue weighted by atomic mass is 9.76. The van der Waals surface area contributed by atoms with E-state index in [2.05, 4.69) is 44.8 Å². The minimum absolute atomic E-state index is 0.00768. The molecule has 0 amide bonds. The quantitative estimate of drug-likeness (QED) is 0.212. The first kappa shape index (κ1) is 27.9. The maximum atomic E-state index is 15.1. The number of ether oxygens (including phenoxy) is 2. The van der Waals surface area contributed by atoms with E-state index in [1.807, 2.05) is 6.07 Å². The van der Waals surface area contributed by atoms with Gasteiger partial charge in [-0.2, -0.15) is 8.78 Å². The third-order valence-electron chi connectivity index (χ3n) is 8.59. The summed E-state index contributed by atoms with van der Waals surface area (Å²) >= 11 is 5.75. The van der Waals surface area contributed by atoms with E-state index in [9.17, 15) is 8.78 Å². The van der Waals surface area contributed by atoms with Gasteiger partial charge in [-0.05, 0) is 103 Å². The van der Waals surface area contributed by atoms with Crippen LogP contribution in [-0.4, -0.2) is 28.7 Å². The van der Waals surface area contributed by atoms with E-state index in [4.69, 9.17) is 9.47 Å². The van der Waals surface area contributed by atoms with Crippen LogP contribution in [-0.2, 0) is 9.47 Å². The summed E-state index contributed by atoms with van der Waals surface area (Å²) in [5, 5.41) is 0. The summed E-state index contributed by atoms with van der Waals surface area (Å²) in [5.74, 6) is 1.11. The van der Waals surface area contributed by atoms with Crippen molar-refractivity contribution in [1.82, 2.24) is 0 Å². The molecule has 2 aliphatic carbocycles. The molecule has 0 spiro atoms. The van der Waals surface area contributed by atoms with Crippen molar-refractivity contribution >= 4 is 31.9 Å². The summed E-state index contributed by atoms with van der Waals surface area (Å²) in [6.07, 6.45) is 10.7. The molecule has 198 valence electrons. The van der Waals surface area contributed by atoms with E-state index in [0.29, 0.717) is 49.0 Å². The first-order chi connectivity index (χ1) is 16.7. The van der Waals surface area contributed by atoms with Crippen LogP contribution < -0.4 is 0 Å². The molecule has 3 fully saturated rings. The summed E-state index contributed by atoms with van der Waals surface area (Å²) in [4.78, 5) is -2.96. The van der Waals surface area contributed by atoms with Crippen LogP contribution in [0.4, 0.5) is 13.2 Å². The molecule has 35 heavy (non-hydrogen) atoms. The van der Waals surface area contributed by atoms with E-state index in [-0.39, 0.29) is 18.0 Å². The highest BCUT2D eigenvalue weighted by Crippen LogP contribution is 2.53. The van der Waals surface area contributed by atoms with Crippen molar-refractivity contribution in [2.75, 3.05) is 13.2 Å². The van der Waals surface area contributed by atoms with Gasteiger partial charge in [-0.1, -0.05) is 54.2 Å². The fourth-order valence-corrected chi connectivity index (χ4v) is 7.06. The molecule has 0 bridgehead atoms. The molecule has 0 atom stereocenters. The summed E-state index contributed by atoms with van der Waals surface area (Å²) in [7, 11) is 0. The van der Waals surface area contributed by atoms with E-state index >= 15 is 4.39 Å². The molecule has 0 aromatic heterocycles. The zero-order chi connectivity index (χ0) is 25.1. The third-order valence-corrected chi connectivity index (χ3v) is 11.2. The lowest BCUT2D eigenvalue weighted by molar-refractivity contribution is -0.229. The second-order valence-corrected chi connectivity index (χ2v) is 13.5. The van der Waals surface area contributed by atoms with Gasteiger partial charge >= 0.3 is 4.83 Å². The zero-order valence-corrected chi connectivity index (χ0v) is 23.9. The fourth-order valence-electron chi connectivity index (χ4n) is 6.20. The molecule has 7 heteroatoms. The van der Waals surface area contributed by atoms with E-state index in [1.165, 1.54) is 25.7 Å². The van der Waals surface area contributed by atoms with Crippen LogP contribution in [0.25, 0.3) is 0 Å². The number of unbranched alkanes of at least 4 members (excludes halogenated alkanes) is 2. The minimum atomic E-state index is -2.96. The van der Waals surface area contributed by atoms with Crippen molar-refractivity contribution in [2.45, 2.75) is 111 Å². The Kier molecular flexibility index (Phi) is 9.70. The van der Waals surface area contributed by atoms with Gasteiger partial charge in [-0.25, -0.2) is 4.39 Å². The molecule has 4 rings (SSSR count). The predicted molar refractivity (Wildman–Crippen MR) is 141 cm³/mol. The highest BCUT2D eigenvalue weighted by molar-refractivity contribution is 9.12. The van der Waals surface area contributed by atoms with Gasteiger partial charge in [0.1, 0.15) is 5.82 Å². The number of alkyl halides is 4. The Bertz CT molecular complexity index is 807. The maximum Gasteiger partial charge on any atom is 0.316 e. The maximum absolute atomic E-state index is 15.1. The molecule has 1 aromatic carbocycles. The Morgan fingerprint density at radius 2 is 1.63 bits per heavy atom.